The third-order valence-electron chi connectivity index (χ3n) is 4.34. The number of fused-ring (bicyclic) bond motifs is 1. The number of halogens is 2. The molecule has 0 atom stereocenters. The maximum atomic E-state index is 13.3. The number of carbonyl (C=O) groups excluding carboxylic acids is 1. The zero-order chi connectivity index (χ0) is 22.3. The van der Waals surface area contributed by atoms with Crippen molar-refractivity contribution in [2.24, 2.45) is 14.1 Å². The molecule has 1 aromatic carbocycles. The van der Waals surface area contributed by atoms with Gasteiger partial charge < -0.3 is 5.32 Å². The molecular weight excluding hydrogens is 449 g/mol. The molecule has 0 aliphatic heterocycles. The summed E-state index contributed by atoms with van der Waals surface area (Å²) in [5, 5.41) is 11.0. The lowest BCUT2D eigenvalue weighted by atomic mass is 10.2. The molecule has 13 heteroatoms. The minimum absolute atomic E-state index is 0.0176. The highest BCUT2D eigenvalue weighted by atomic mass is 35.5. The Bertz CT molecular complexity index is 1430. The van der Waals surface area contributed by atoms with Gasteiger partial charge in [-0.05, 0) is 18.2 Å². The smallest absolute Gasteiger partial charge is 0.274 e. The summed E-state index contributed by atoms with van der Waals surface area (Å²) in [5.41, 5.74) is 0.841. The average Bonchev–Trinajstić information content (AvgIpc) is 3.27. The number of anilines is 2. The van der Waals surface area contributed by atoms with Crippen LogP contribution in [0.5, 0.6) is 0 Å². The van der Waals surface area contributed by atoms with Gasteiger partial charge in [-0.15, -0.1) is 0 Å². The van der Waals surface area contributed by atoms with Crippen molar-refractivity contribution in [3.05, 3.63) is 59.4 Å². The van der Waals surface area contributed by atoms with Gasteiger partial charge in [0.2, 0.25) is 0 Å². The van der Waals surface area contributed by atoms with Gasteiger partial charge >= 0.3 is 0 Å². The normalized spacial score (nSPS) is 11.6. The highest BCUT2D eigenvalue weighted by Gasteiger charge is 2.21. The number of aryl methyl sites for hydroxylation is 2. The molecule has 0 saturated carbocycles. The van der Waals surface area contributed by atoms with Crippen LogP contribution in [0.3, 0.4) is 0 Å². The second-order valence-corrected chi connectivity index (χ2v) is 8.69. The van der Waals surface area contributed by atoms with Crippen molar-refractivity contribution in [1.29, 1.82) is 0 Å². The summed E-state index contributed by atoms with van der Waals surface area (Å²) >= 11 is 5.75. The first-order valence-electron chi connectivity index (χ1n) is 8.74. The average molecular weight is 464 g/mol. The van der Waals surface area contributed by atoms with Gasteiger partial charge in [0.15, 0.2) is 0 Å². The molecule has 0 unspecified atom stereocenters. The molecule has 0 aliphatic carbocycles. The number of nitrogens with zero attached hydrogens (tertiary/aromatic N) is 5. The molecule has 4 rings (SSSR count). The van der Waals surface area contributed by atoms with E-state index in [-0.39, 0.29) is 21.4 Å². The van der Waals surface area contributed by atoms with E-state index in [2.05, 4.69) is 25.2 Å². The molecule has 0 bridgehead atoms. The van der Waals surface area contributed by atoms with Crippen LogP contribution < -0.4 is 10.0 Å². The van der Waals surface area contributed by atoms with Crippen molar-refractivity contribution in [3.8, 4) is 0 Å². The number of sulfonamides is 1. The summed E-state index contributed by atoms with van der Waals surface area (Å²) in [6.07, 6.45) is 3.91. The monoisotopic (exact) mass is 463 g/mol. The van der Waals surface area contributed by atoms with Gasteiger partial charge in [-0.1, -0.05) is 11.6 Å². The van der Waals surface area contributed by atoms with Crippen LogP contribution in [-0.2, 0) is 24.1 Å². The maximum Gasteiger partial charge on any atom is 0.274 e. The lowest BCUT2D eigenvalue weighted by Gasteiger charge is -2.07. The molecule has 0 fully saturated rings. The molecular formula is C18H15ClFN7O3S. The zero-order valence-corrected chi connectivity index (χ0v) is 17.7. The van der Waals surface area contributed by atoms with Gasteiger partial charge in [0.1, 0.15) is 22.2 Å². The molecule has 10 nitrogen and oxygen atoms in total. The molecule has 0 radical (unpaired) electrons. The second kappa shape index (κ2) is 7.63. The third-order valence-corrected chi connectivity index (χ3v) is 5.94. The Kier molecular flexibility index (Phi) is 5.11. The van der Waals surface area contributed by atoms with Gasteiger partial charge in [0.05, 0.1) is 22.1 Å². The topological polar surface area (TPSA) is 124 Å². The number of amides is 1. The molecule has 3 aromatic heterocycles. The van der Waals surface area contributed by atoms with Crippen LogP contribution in [0, 0.1) is 5.82 Å². The number of aromatic nitrogens is 5. The first-order chi connectivity index (χ1) is 14.6. The Morgan fingerprint density at radius 3 is 2.65 bits per heavy atom. The molecule has 0 spiro atoms. The Hall–Kier alpha value is -3.51. The summed E-state index contributed by atoms with van der Waals surface area (Å²) in [4.78, 5) is 16.8. The van der Waals surface area contributed by atoms with Crippen LogP contribution in [0.15, 0.2) is 47.8 Å². The van der Waals surface area contributed by atoms with E-state index < -0.39 is 21.7 Å². The third kappa shape index (κ3) is 4.07. The van der Waals surface area contributed by atoms with E-state index in [4.69, 9.17) is 11.6 Å². The molecule has 3 heterocycles. The minimum Gasteiger partial charge on any atom is -0.321 e. The number of hydrogen-bond donors (Lipinski definition) is 2. The fraction of sp³-hybridized carbons (Fsp3) is 0.111. The summed E-state index contributed by atoms with van der Waals surface area (Å²) in [6, 6.07) is 5.22. The van der Waals surface area contributed by atoms with Crippen LogP contribution in [0.4, 0.5) is 15.9 Å². The molecule has 31 heavy (non-hydrogen) atoms. The van der Waals surface area contributed by atoms with Gasteiger partial charge in [-0.3, -0.25) is 18.9 Å². The van der Waals surface area contributed by atoms with Crippen molar-refractivity contribution in [1.82, 2.24) is 24.5 Å². The second-order valence-electron chi connectivity index (χ2n) is 6.60. The Morgan fingerprint density at radius 2 is 1.97 bits per heavy atom. The van der Waals surface area contributed by atoms with E-state index in [0.29, 0.717) is 16.6 Å². The number of carbonyl (C=O) groups is 1. The summed E-state index contributed by atoms with van der Waals surface area (Å²) < 4.78 is 43.3. The summed E-state index contributed by atoms with van der Waals surface area (Å²) in [5.74, 6) is -1.08. The molecule has 160 valence electrons. The summed E-state index contributed by atoms with van der Waals surface area (Å²) in [6.45, 7) is 0. The Labute approximate surface area is 180 Å². The van der Waals surface area contributed by atoms with E-state index in [1.165, 1.54) is 46.2 Å². The van der Waals surface area contributed by atoms with Crippen molar-refractivity contribution in [3.63, 3.8) is 0 Å². The SMILES string of the molecule is Cn1cc(S(=O)(=O)Nc2cc3nn(C)c(C(=O)Nc4ccc(F)c(Cl)c4)c3cn2)cn1. The van der Waals surface area contributed by atoms with Gasteiger partial charge in [0, 0.05) is 38.2 Å². The van der Waals surface area contributed by atoms with E-state index >= 15 is 0 Å². The highest BCUT2D eigenvalue weighted by Crippen LogP contribution is 2.24. The fourth-order valence-corrected chi connectivity index (χ4v) is 4.08. The van der Waals surface area contributed by atoms with E-state index in [9.17, 15) is 17.6 Å². The van der Waals surface area contributed by atoms with Gasteiger partial charge in [-0.2, -0.15) is 10.2 Å². The molecule has 2 N–H and O–H groups in total. The lowest BCUT2D eigenvalue weighted by molar-refractivity contribution is 0.101. The van der Waals surface area contributed by atoms with E-state index in [1.807, 2.05) is 0 Å². The van der Waals surface area contributed by atoms with Crippen molar-refractivity contribution in [2.75, 3.05) is 10.0 Å². The first kappa shape index (κ1) is 20.8. The van der Waals surface area contributed by atoms with Gasteiger partial charge in [-0.25, -0.2) is 17.8 Å². The van der Waals surface area contributed by atoms with Crippen LogP contribution >= 0.6 is 11.6 Å². The largest absolute Gasteiger partial charge is 0.321 e. The number of rotatable bonds is 5. The van der Waals surface area contributed by atoms with Crippen LogP contribution in [0.1, 0.15) is 10.5 Å². The number of pyridine rings is 1. The van der Waals surface area contributed by atoms with Crippen LogP contribution in [-0.4, -0.2) is 38.9 Å². The van der Waals surface area contributed by atoms with E-state index in [0.717, 1.165) is 6.07 Å². The van der Waals surface area contributed by atoms with Crippen molar-refractivity contribution < 1.29 is 17.6 Å². The molecule has 4 aromatic rings. The minimum atomic E-state index is -3.88. The fourth-order valence-electron chi connectivity index (χ4n) is 2.92. The Balaban J connectivity index is 1.62. The van der Waals surface area contributed by atoms with Crippen LogP contribution in [0.2, 0.25) is 5.02 Å². The Morgan fingerprint density at radius 1 is 1.19 bits per heavy atom. The van der Waals surface area contributed by atoms with E-state index in [1.54, 1.807) is 14.1 Å². The van der Waals surface area contributed by atoms with Gasteiger partial charge in [0.25, 0.3) is 15.9 Å². The predicted octanol–water partition coefficient (Wildman–Crippen LogP) is 2.55. The lowest BCUT2D eigenvalue weighted by Crippen LogP contribution is -2.16. The number of nitrogens with one attached hydrogen (secondary N) is 2. The highest BCUT2D eigenvalue weighted by molar-refractivity contribution is 7.92. The standard InChI is InChI=1S/C18H15ClFN7O3S/c1-26-9-11(7-22-26)31(29,30)25-16-6-15-12(8-21-16)17(27(2)24-15)18(28)23-10-3-4-14(20)13(19)5-10/h3-9,25H,1-2H3,(H,23,28). The number of benzene rings is 1. The quantitative estimate of drug-likeness (QED) is 0.468. The summed E-state index contributed by atoms with van der Waals surface area (Å²) in [7, 11) is -0.720. The van der Waals surface area contributed by atoms with Crippen molar-refractivity contribution in [2.45, 2.75) is 4.90 Å². The zero-order valence-electron chi connectivity index (χ0n) is 16.2. The maximum absolute atomic E-state index is 13.3. The number of hydrogen-bond acceptors (Lipinski definition) is 6. The molecule has 0 saturated heterocycles. The predicted molar refractivity (Wildman–Crippen MR) is 112 cm³/mol. The molecule has 0 aliphatic rings. The van der Waals surface area contributed by atoms with Crippen molar-refractivity contribution >= 4 is 49.9 Å². The molecule has 1 amide bonds. The first-order valence-corrected chi connectivity index (χ1v) is 10.6. The van der Waals surface area contributed by atoms with Crippen LogP contribution in [0.25, 0.3) is 10.9 Å².